The molecule has 20 heavy (non-hydrogen) atoms. The molecule has 1 aliphatic carbocycles. The standard InChI is InChI=1S/C17H25NO2/c1-14(11-18-12-15-7-5-6-8-15)17(19)20-13-16-9-3-2-4-10-16/h2-4,9-10,14-15,18H,5-8,11-13H2,1H3. The van der Waals surface area contributed by atoms with Gasteiger partial charge in [-0.25, -0.2) is 0 Å². The molecule has 0 amide bonds. The van der Waals surface area contributed by atoms with Crippen molar-refractivity contribution in [2.24, 2.45) is 11.8 Å². The Hall–Kier alpha value is -1.35. The van der Waals surface area contributed by atoms with E-state index in [1.807, 2.05) is 37.3 Å². The predicted octanol–water partition coefficient (Wildman–Crippen LogP) is 3.15. The van der Waals surface area contributed by atoms with Gasteiger partial charge >= 0.3 is 5.97 Å². The number of benzene rings is 1. The van der Waals surface area contributed by atoms with E-state index in [0.717, 1.165) is 18.0 Å². The third kappa shape index (κ3) is 4.97. The van der Waals surface area contributed by atoms with E-state index in [1.165, 1.54) is 25.7 Å². The number of carbonyl (C=O) groups excluding carboxylic acids is 1. The Kier molecular flexibility index (Phi) is 6.06. The highest BCUT2D eigenvalue weighted by Crippen LogP contribution is 2.23. The topological polar surface area (TPSA) is 38.3 Å². The molecule has 0 saturated heterocycles. The van der Waals surface area contributed by atoms with Crippen LogP contribution in [-0.2, 0) is 16.1 Å². The van der Waals surface area contributed by atoms with Gasteiger partial charge in [-0.15, -0.1) is 0 Å². The summed E-state index contributed by atoms with van der Waals surface area (Å²) in [4.78, 5) is 11.9. The summed E-state index contributed by atoms with van der Waals surface area (Å²) in [6.07, 6.45) is 5.39. The molecule has 0 heterocycles. The molecule has 1 aliphatic rings. The minimum Gasteiger partial charge on any atom is -0.461 e. The third-order valence-corrected chi connectivity index (χ3v) is 3.98. The molecule has 1 fully saturated rings. The maximum atomic E-state index is 11.9. The zero-order valence-electron chi connectivity index (χ0n) is 12.3. The third-order valence-electron chi connectivity index (χ3n) is 3.98. The van der Waals surface area contributed by atoms with Crippen molar-refractivity contribution in [3.63, 3.8) is 0 Å². The fourth-order valence-corrected chi connectivity index (χ4v) is 2.67. The molecule has 0 aromatic heterocycles. The van der Waals surface area contributed by atoms with Crippen LogP contribution in [0, 0.1) is 11.8 Å². The molecule has 2 rings (SSSR count). The first-order valence-electron chi connectivity index (χ1n) is 7.67. The lowest BCUT2D eigenvalue weighted by Gasteiger charge is -2.14. The molecule has 1 N–H and O–H groups in total. The number of nitrogens with one attached hydrogen (secondary N) is 1. The lowest BCUT2D eigenvalue weighted by Crippen LogP contribution is -2.30. The van der Waals surface area contributed by atoms with Crippen molar-refractivity contribution in [3.05, 3.63) is 35.9 Å². The Bertz CT molecular complexity index is 399. The molecule has 0 spiro atoms. The Labute approximate surface area is 121 Å². The summed E-state index contributed by atoms with van der Waals surface area (Å²) in [7, 11) is 0. The Morgan fingerprint density at radius 3 is 2.70 bits per heavy atom. The first-order valence-corrected chi connectivity index (χ1v) is 7.67. The van der Waals surface area contributed by atoms with E-state index >= 15 is 0 Å². The smallest absolute Gasteiger partial charge is 0.310 e. The van der Waals surface area contributed by atoms with E-state index in [4.69, 9.17) is 4.74 Å². The van der Waals surface area contributed by atoms with E-state index in [-0.39, 0.29) is 11.9 Å². The van der Waals surface area contributed by atoms with Crippen LogP contribution in [0.2, 0.25) is 0 Å². The average Bonchev–Trinajstić information content (AvgIpc) is 2.99. The predicted molar refractivity (Wildman–Crippen MR) is 80.2 cm³/mol. The van der Waals surface area contributed by atoms with Gasteiger partial charge in [0.15, 0.2) is 0 Å². The average molecular weight is 275 g/mol. The summed E-state index contributed by atoms with van der Waals surface area (Å²) in [5.41, 5.74) is 1.03. The zero-order chi connectivity index (χ0) is 14.2. The first kappa shape index (κ1) is 15.0. The van der Waals surface area contributed by atoms with Gasteiger partial charge in [0.05, 0.1) is 5.92 Å². The fourth-order valence-electron chi connectivity index (χ4n) is 2.67. The minimum atomic E-state index is -0.118. The van der Waals surface area contributed by atoms with Gasteiger partial charge in [0, 0.05) is 6.54 Å². The van der Waals surface area contributed by atoms with Crippen LogP contribution in [0.1, 0.15) is 38.2 Å². The van der Waals surface area contributed by atoms with Crippen molar-refractivity contribution in [1.82, 2.24) is 5.32 Å². The van der Waals surface area contributed by atoms with Crippen LogP contribution in [0.5, 0.6) is 0 Å². The van der Waals surface area contributed by atoms with Crippen molar-refractivity contribution in [3.8, 4) is 0 Å². The highest BCUT2D eigenvalue weighted by atomic mass is 16.5. The first-order chi connectivity index (χ1) is 9.75. The molecule has 0 radical (unpaired) electrons. The largest absolute Gasteiger partial charge is 0.461 e. The van der Waals surface area contributed by atoms with Crippen LogP contribution in [-0.4, -0.2) is 19.1 Å². The number of hydrogen-bond acceptors (Lipinski definition) is 3. The van der Waals surface area contributed by atoms with E-state index in [1.54, 1.807) is 0 Å². The molecule has 110 valence electrons. The Morgan fingerprint density at radius 2 is 2.00 bits per heavy atom. The number of carbonyl (C=O) groups is 1. The fraction of sp³-hybridized carbons (Fsp3) is 0.588. The summed E-state index contributed by atoms with van der Waals surface area (Å²) in [5.74, 6) is 0.607. The Morgan fingerprint density at radius 1 is 1.30 bits per heavy atom. The normalized spacial score (nSPS) is 17.1. The second kappa shape index (κ2) is 8.05. The molecule has 0 aliphatic heterocycles. The van der Waals surface area contributed by atoms with Crippen LogP contribution in [0.3, 0.4) is 0 Å². The number of hydrogen-bond donors (Lipinski definition) is 1. The van der Waals surface area contributed by atoms with Gasteiger partial charge in [-0.1, -0.05) is 50.1 Å². The molecule has 1 aromatic carbocycles. The molecule has 1 atom stereocenters. The molecular formula is C17H25NO2. The van der Waals surface area contributed by atoms with Crippen molar-refractivity contribution >= 4 is 5.97 Å². The molecule has 0 bridgehead atoms. The van der Waals surface area contributed by atoms with Gasteiger partial charge in [-0.3, -0.25) is 4.79 Å². The summed E-state index contributed by atoms with van der Waals surface area (Å²) in [5, 5.41) is 3.41. The van der Waals surface area contributed by atoms with Gasteiger partial charge in [0.2, 0.25) is 0 Å². The van der Waals surface area contributed by atoms with Crippen LogP contribution in [0.25, 0.3) is 0 Å². The maximum absolute atomic E-state index is 11.9. The van der Waals surface area contributed by atoms with Gasteiger partial charge in [0.1, 0.15) is 6.61 Å². The van der Waals surface area contributed by atoms with Gasteiger partial charge in [-0.2, -0.15) is 0 Å². The summed E-state index contributed by atoms with van der Waals surface area (Å²) >= 11 is 0. The lowest BCUT2D eigenvalue weighted by atomic mass is 10.1. The summed E-state index contributed by atoms with van der Waals surface area (Å²) < 4.78 is 5.33. The highest BCUT2D eigenvalue weighted by molar-refractivity contribution is 5.72. The minimum absolute atomic E-state index is 0.0832. The number of ether oxygens (including phenoxy) is 1. The van der Waals surface area contributed by atoms with Crippen molar-refractivity contribution in [2.45, 2.75) is 39.2 Å². The molecule has 1 unspecified atom stereocenters. The second-order valence-corrected chi connectivity index (χ2v) is 5.80. The number of rotatable bonds is 7. The summed E-state index contributed by atoms with van der Waals surface area (Å²) in [6.45, 7) is 4.04. The Balaban J connectivity index is 1.61. The molecule has 3 heteroatoms. The quantitative estimate of drug-likeness (QED) is 0.777. The maximum Gasteiger partial charge on any atom is 0.310 e. The van der Waals surface area contributed by atoms with Crippen LogP contribution in [0.4, 0.5) is 0 Å². The van der Waals surface area contributed by atoms with Crippen molar-refractivity contribution in [2.75, 3.05) is 13.1 Å². The van der Waals surface area contributed by atoms with E-state index in [0.29, 0.717) is 13.2 Å². The van der Waals surface area contributed by atoms with Crippen LogP contribution < -0.4 is 5.32 Å². The molecule has 1 saturated carbocycles. The van der Waals surface area contributed by atoms with E-state index < -0.39 is 0 Å². The van der Waals surface area contributed by atoms with E-state index in [2.05, 4.69) is 5.32 Å². The van der Waals surface area contributed by atoms with Crippen molar-refractivity contribution in [1.29, 1.82) is 0 Å². The molecule has 3 nitrogen and oxygen atoms in total. The second-order valence-electron chi connectivity index (χ2n) is 5.80. The zero-order valence-corrected chi connectivity index (χ0v) is 12.3. The van der Waals surface area contributed by atoms with Crippen LogP contribution >= 0.6 is 0 Å². The monoisotopic (exact) mass is 275 g/mol. The lowest BCUT2D eigenvalue weighted by molar-refractivity contribution is -0.149. The van der Waals surface area contributed by atoms with Gasteiger partial charge < -0.3 is 10.1 Å². The van der Waals surface area contributed by atoms with Gasteiger partial charge in [0.25, 0.3) is 0 Å². The van der Waals surface area contributed by atoms with E-state index in [9.17, 15) is 4.79 Å². The molecule has 1 aromatic rings. The summed E-state index contributed by atoms with van der Waals surface area (Å²) in [6, 6.07) is 9.80. The van der Waals surface area contributed by atoms with Crippen molar-refractivity contribution < 1.29 is 9.53 Å². The van der Waals surface area contributed by atoms with Crippen LogP contribution in [0.15, 0.2) is 30.3 Å². The highest BCUT2D eigenvalue weighted by Gasteiger charge is 2.17. The van der Waals surface area contributed by atoms with Gasteiger partial charge in [-0.05, 0) is 30.9 Å². The molecular weight excluding hydrogens is 250 g/mol. The number of esters is 1. The SMILES string of the molecule is CC(CNCC1CCCC1)C(=O)OCc1ccccc1.